The Morgan fingerprint density at radius 3 is 2.30 bits per heavy atom. The third-order valence-corrected chi connectivity index (χ3v) is 5.93. The van der Waals surface area contributed by atoms with Crippen LogP contribution in [0, 0.1) is 0 Å². The van der Waals surface area contributed by atoms with Gasteiger partial charge < -0.3 is 24.4 Å². The Balaban J connectivity index is 1.88. The molecular weight excluding hydrogens is 420 g/mol. The number of halogens is 2. The number of benzene rings is 2. The van der Waals surface area contributed by atoms with Gasteiger partial charge in [-0.2, -0.15) is 8.78 Å². The van der Waals surface area contributed by atoms with Gasteiger partial charge in [-0.15, -0.1) is 0 Å². The molecule has 8 nitrogen and oxygen atoms in total. The summed E-state index contributed by atoms with van der Waals surface area (Å²) in [5.41, 5.74) is 0.827. The number of nitrogens with zero attached hydrogens (tertiary/aromatic N) is 1. The highest BCUT2D eigenvalue weighted by atomic mass is 32.2. The van der Waals surface area contributed by atoms with Crippen LogP contribution < -0.4 is 29.1 Å². The number of anilines is 2. The van der Waals surface area contributed by atoms with Crippen LogP contribution in [-0.4, -0.2) is 55.4 Å². The summed E-state index contributed by atoms with van der Waals surface area (Å²) in [5.74, 6) is 0.360. The molecule has 0 spiro atoms. The Labute approximate surface area is 173 Å². The van der Waals surface area contributed by atoms with E-state index in [9.17, 15) is 17.2 Å². The number of hydrogen-bond donors (Lipinski definition) is 2. The Morgan fingerprint density at radius 1 is 1.00 bits per heavy atom. The standard InChI is InChI=1S/C19H23F2N3O5S/c1-27-16-6-4-14(12-15(16)24-9-7-22-8-10-24)30(25,26)23-13-3-5-17(29-19(20)21)18(11-13)28-2/h3-6,11-12,19,22-23H,7-10H2,1-2H3. The van der Waals surface area contributed by atoms with Crippen LogP contribution in [0.5, 0.6) is 17.2 Å². The summed E-state index contributed by atoms with van der Waals surface area (Å²) >= 11 is 0. The summed E-state index contributed by atoms with van der Waals surface area (Å²) in [6.45, 7) is -0.0214. The SMILES string of the molecule is COc1cc(NS(=O)(=O)c2ccc(OC)c(N3CCNCC3)c2)ccc1OC(F)F. The molecule has 0 amide bonds. The van der Waals surface area contributed by atoms with Crippen molar-refractivity contribution in [3.63, 3.8) is 0 Å². The predicted octanol–water partition coefficient (Wildman–Crippen LogP) is 2.52. The van der Waals surface area contributed by atoms with Crippen LogP contribution >= 0.6 is 0 Å². The summed E-state index contributed by atoms with van der Waals surface area (Å²) in [6.07, 6.45) is 0. The van der Waals surface area contributed by atoms with Gasteiger partial charge in [-0.05, 0) is 30.3 Å². The topological polar surface area (TPSA) is 89.1 Å². The summed E-state index contributed by atoms with van der Waals surface area (Å²) in [7, 11) is -1.15. The van der Waals surface area contributed by atoms with E-state index >= 15 is 0 Å². The molecule has 1 fully saturated rings. The molecule has 3 rings (SSSR count). The lowest BCUT2D eigenvalue weighted by Gasteiger charge is -2.30. The molecule has 0 bridgehead atoms. The maximum absolute atomic E-state index is 12.9. The average molecular weight is 443 g/mol. The fraction of sp³-hybridized carbons (Fsp3) is 0.368. The van der Waals surface area contributed by atoms with E-state index in [4.69, 9.17) is 9.47 Å². The summed E-state index contributed by atoms with van der Waals surface area (Å²) < 4.78 is 68.0. The van der Waals surface area contributed by atoms with Gasteiger partial charge in [-0.1, -0.05) is 0 Å². The van der Waals surface area contributed by atoms with Crippen molar-refractivity contribution in [2.75, 3.05) is 50.0 Å². The number of alkyl halides is 2. The zero-order chi connectivity index (χ0) is 21.7. The first kappa shape index (κ1) is 21.9. The molecular formula is C19H23F2N3O5S. The van der Waals surface area contributed by atoms with Gasteiger partial charge in [0.15, 0.2) is 11.5 Å². The first-order chi connectivity index (χ1) is 14.3. The van der Waals surface area contributed by atoms with E-state index in [2.05, 4.69) is 14.8 Å². The fourth-order valence-electron chi connectivity index (χ4n) is 3.13. The lowest BCUT2D eigenvalue weighted by atomic mass is 10.2. The quantitative estimate of drug-likeness (QED) is 0.648. The Hall–Kier alpha value is -2.79. The largest absolute Gasteiger partial charge is 0.495 e. The van der Waals surface area contributed by atoms with Crippen molar-refractivity contribution in [2.45, 2.75) is 11.5 Å². The molecule has 1 aliphatic heterocycles. The number of sulfonamides is 1. The van der Waals surface area contributed by atoms with Crippen molar-refractivity contribution in [1.82, 2.24) is 5.32 Å². The number of methoxy groups -OCH3 is 2. The van der Waals surface area contributed by atoms with E-state index in [0.29, 0.717) is 11.4 Å². The van der Waals surface area contributed by atoms with Crippen molar-refractivity contribution in [3.05, 3.63) is 36.4 Å². The number of hydrogen-bond acceptors (Lipinski definition) is 7. The number of nitrogens with one attached hydrogen (secondary N) is 2. The summed E-state index contributed by atoms with van der Waals surface area (Å²) in [4.78, 5) is 2.09. The molecule has 30 heavy (non-hydrogen) atoms. The minimum Gasteiger partial charge on any atom is -0.495 e. The molecule has 0 aromatic heterocycles. The van der Waals surface area contributed by atoms with E-state index in [1.807, 2.05) is 4.90 Å². The zero-order valence-electron chi connectivity index (χ0n) is 16.5. The van der Waals surface area contributed by atoms with Crippen LogP contribution in [0.4, 0.5) is 20.2 Å². The molecule has 11 heteroatoms. The van der Waals surface area contributed by atoms with Crippen LogP contribution in [0.25, 0.3) is 0 Å². The lowest BCUT2D eigenvalue weighted by Crippen LogP contribution is -2.43. The zero-order valence-corrected chi connectivity index (χ0v) is 17.3. The molecule has 1 aliphatic rings. The summed E-state index contributed by atoms with van der Waals surface area (Å²) in [6, 6.07) is 8.40. The van der Waals surface area contributed by atoms with E-state index in [0.717, 1.165) is 26.2 Å². The maximum atomic E-state index is 12.9. The van der Waals surface area contributed by atoms with Crippen LogP contribution in [0.15, 0.2) is 41.3 Å². The fourth-order valence-corrected chi connectivity index (χ4v) is 4.20. The molecule has 0 atom stereocenters. The first-order valence-electron chi connectivity index (χ1n) is 9.13. The smallest absolute Gasteiger partial charge is 0.387 e. The highest BCUT2D eigenvalue weighted by molar-refractivity contribution is 7.92. The van der Waals surface area contributed by atoms with Crippen LogP contribution in [0.3, 0.4) is 0 Å². The first-order valence-corrected chi connectivity index (χ1v) is 10.6. The van der Waals surface area contributed by atoms with Crippen molar-refractivity contribution in [3.8, 4) is 17.2 Å². The van der Waals surface area contributed by atoms with Gasteiger partial charge in [-0.3, -0.25) is 4.72 Å². The van der Waals surface area contributed by atoms with E-state index in [1.54, 1.807) is 12.1 Å². The number of ether oxygens (including phenoxy) is 3. The maximum Gasteiger partial charge on any atom is 0.387 e. The predicted molar refractivity (Wildman–Crippen MR) is 109 cm³/mol. The van der Waals surface area contributed by atoms with Gasteiger partial charge in [0.25, 0.3) is 10.0 Å². The van der Waals surface area contributed by atoms with E-state index in [1.165, 1.54) is 38.5 Å². The monoisotopic (exact) mass is 443 g/mol. The van der Waals surface area contributed by atoms with Gasteiger partial charge in [0, 0.05) is 32.2 Å². The van der Waals surface area contributed by atoms with E-state index in [-0.39, 0.29) is 22.1 Å². The van der Waals surface area contributed by atoms with Gasteiger partial charge >= 0.3 is 6.61 Å². The second kappa shape index (κ2) is 9.35. The average Bonchev–Trinajstić information content (AvgIpc) is 2.74. The molecule has 164 valence electrons. The van der Waals surface area contributed by atoms with Gasteiger partial charge in [0.2, 0.25) is 0 Å². The van der Waals surface area contributed by atoms with Crippen LogP contribution in [0.1, 0.15) is 0 Å². The molecule has 0 aliphatic carbocycles. The van der Waals surface area contributed by atoms with Crippen molar-refractivity contribution in [2.24, 2.45) is 0 Å². The molecule has 2 aromatic rings. The highest BCUT2D eigenvalue weighted by Crippen LogP contribution is 2.34. The molecule has 2 aromatic carbocycles. The normalized spacial score (nSPS) is 14.5. The third-order valence-electron chi connectivity index (χ3n) is 4.55. The second-order valence-electron chi connectivity index (χ2n) is 6.42. The molecule has 1 saturated heterocycles. The van der Waals surface area contributed by atoms with Crippen LogP contribution in [0.2, 0.25) is 0 Å². The van der Waals surface area contributed by atoms with Crippen LogP contribution in [-0.2, 0) is 10.0 Å². The molecule has 0 unspecified atom stereocenters. The van der Waals surface area contributed by atoms with Gasteiger partial charge in [0.05, 0.1) is 30.5 Å². The Bertz CT molecular complexity index is 982. The van der Waals surface area contributed by atoms with E-state index < -0.39 is 16.6 Å². The minimum absolute atomic E-state index is 0.0215. The highest BCUT2D eigenvalue weighted by Gasteiger charge is 2.21. The molecule has 0 radical (unpaired) electrons. The summed E-state index contributed by atoms with van der Waals surface area (Å²) in [5, 5.41) is 3.24. The lowest BCUT2D eigenvalue weighted by molar-refractivity contribution is -0.0512. The van der Waals surface area contributed by atoms with Gasteiger partial charge in [0.1, 0.15) is 5.75 Å². The Kier molecular flexibility index (Phi) is 6.83. The number of rotatable bonds is 8. The molecule has 2 N–H and O–H groups in total. The number of piperazine rings is 1. The van der Waals surface area contributed by atoms with Crippen molar-refractivity contribution < 1.29 is 31.4 Å². The third kappa shape index (κ3) is 5.03. The Morgan fingerprint density at radius 2 is 1.67 bits per heavy atom. The van der Waals surface area contributed by atoms with Gasteiger partial charge in [-0.25, -0.2) is 8.42 Å². The minimum atomic E-state index is -3.95. The molecule has 0 saturated carbocycles. The van der Waals surface area contributed by atoms with Crippen molar-refractivity contribution in [1.29, 1.82) is 0 Å². The molecule has 1 heterocycles. The van der Waals surface area contributed by atoms with Crippen molar-refractivity contribution >= 4 is 21.4 Å². The second-order valence-corrected chi connectivity index (χ2v) is 8.10.